The van der Waals surface area contributed by atoms with Crippen LogP contribution in [-0.2, 0) is 4.79 Å². The lowest BCUT2D eigenvalue weighted by atomic mass is 9.64. The molecule has 1 fully saturated rings. The lowest BCUT2D eigenvalue weighted by Crippen LogP contribution is -2.38. The van der Waals surface area contributed by atoms with Gasteiger partial charge >= 0.3 is 0 Å². The van der Waals surface area contributed by atoms with E-state index in [0.717, 1.165) is 12.8 Å². The van der Waals surface area contributed by atoms with E-state index in [1.54, 1.807) is 0 Å². The van der Waals surface area contributed by atoms with E-state index in [-0.39, 0.29) is 11.3 Å². The average molecular weight is 224 g/mol. The van der Waals surface area contributed by atoms with Gasteiger partial charge in [-0.2, -0.15) is 0 Å². The van der Waals surface area contributed by atoms with Crippen LogP contribution in [0.5, 0.6) is 0 Å². The fourth-order valence-corrected chi connectivity index (χ4v) is 3.46. The number of carbonyl (C=O) groups excluding carboxylic acids is 1. The Kier molecular flexibility index (Phi) is 4.58. The molecular weight excluding hydrogens is 196 g/mol. The quantitative estimate of drug-likeness (QED) is 0.647. The summed E-state index contributed by atoms with van der Waals surface area (Å²) >= 11 is 0. The van der Waals surface area contributed by atoms with Crippen molar-refractivity contribution in [3.8, 4) is 0 Å². The van der Waals surface area contributed by atoms with Crippen LogP contribution < -0.4 is 0 Å². The molecule has 1 nitrogen and oxygen atoms in total. The molecule has 0 radical (unpaired) electrons. The van der Waals surface area contributed by atoms with Gasteiger partial charge in [0, 0.05) is 12.3 Å². The number of ketones is 1. The maximum atomic E-state index is 12.3. The van der Waals surface area contributed by atoms with E-state index in [1.807, 2.05) is 0 Å². The zero-order chi connectivity index (χ0) is 12.3. The molecule has 0 aromatic carbocycles. The minimum atomic E-state index is 0.183. The van der Waals surface area contributed by atoms with Crippen molar-refractivity contribution in [3.63, 3.8) is 0 Å². The molecule has 0 bridgehead atoms. The lowest BCUT2D eigenvalue weighted by Gasteiger charge is -2.39. The van der Waals surface area contributed by atoms with Gasteiger partial charge in [0.15, 0.2) is 0 Å². The second kappa shape index (κ2) is 5.33. The van der Waals surface area contributed by atoms with E-state index < -0.39 is 0 Å². The number of Topliss-reactive ketones (excluding diaryl/α,β-unsaturated/α-hetero) is 1. The van der Waals surface area contributed by atoms with E-state index in [0.29, 0.717) is 17.6 Å². The summed E-state index contributed by atoms with van der Waals surface area (Å²) in [4.78, 5) is 12.3. The van der Waals surface area contributed by atoms with Gasteiger partial charge in [0.05, 0.1) is 0 Å². The Morgan fingerprint density at radius 2 is 1.88 bits per heavy atom. The van der Waals surface area contributed by atoms with E-state index >= 15 is 0 Å². The van der Waals surface area contributed by atoms with Gasteiger partial charge in [-0.3, -0.25) is 4.79 Å². The molecule has 3 unspecified atom stereocenters. The molecule has 0 aromatic rings. The number of rotatable bonds is 3. The minimum Gasteiger partial charge on any atom is -0.299 e. The van der Waals surface area contributed by atoms with Gasteiger partial charge in [-0.25, -0.2) is 0 Å². The maximum Gasteiger partial charge on any atom is 0.136 e. The second-order valence-electron chi connectivity index (χ2n) is 6.32. The van der Waals surface area contributed by atoms with Crippen LogP contribution in [0.15, 0.2) is 0 Å². The van der Waals surface area contributed by atoms with Crippen LogP contribution in [0.3, 0.4) is 0 Å². The Hall–Kier alpha value is -0.330. The Morgan fingerprint density at radius 3 is 2.44 bits per heavy atom. The molecule has 94 valence electrons. The summed E-state index contributed by atoms with van der Waals surface area (Å²) in [5.74, 6) is 2.03. The van der Waals surface area contributed by atoms with E-state index in [9.17, 15) is 4.79 Å². The van der Waals surface area contributed by atoms with E-state index in [4.69, 9.17) is 0 Å². The van der Waals surface area contributed by atoms with Crippen LogP contribution in [0, 0.1) is 23.2 Å². The topological polar surface area (TPSA) is 17.1 Å². The number of carbonyl (C=O) groups is 1. The van der Waals surface area contributed by atoms with Crippen LogP contribution in [0.4, 0.5) is 0 Å². The third kappa shape index (κ3) is 2.67. The monoisotopic (exact) mass is 224 g/mol. The first kappa shape index (κ1) is 13.7. The molecule has 0 saturated heterocycles. The maximum absolute atomic E-state index is 12.3. The summed E-state index contributed by atoms with van der Waals surface area (Å²) in [6.45, 7) is 11.3. The Balaban J connectivity index is 2.93. The van der Waals surface area contributed by atoms with Crippen LogP contribution >= 0.6 is 0 Å². The van der Waals surface area contributed by atoms with Crippen LogP contribution in [0.2, 0.25) is 0 Å². The summed E-state index contributed by atoms with van der Waals surface area (Å²) in [5.41, 5.74) is 0.183. The predicted octanol–water partition coefficient (Wildman–Crippen LogP) is 4.45. The Morgan fingerprint density at radius 1 is 1.25 bits per heavy atom. The summed E-state index contributed by atoms with van der Waals surface area (Å²) in [6.07, 6.45) is 5.57. The predicted molar refractivity (Wildman–Crippen MR) is 69.4 cm³/mol. The number of hydrogen-bond acceptors (Lipinski definition) is 1. The molecule has 1 aliphatic carbocycles. The summed E-state index contributed by atoms with van der Waals surface area (Å²) in [7, 11) is 0. The number of hydrogen-bond donors (Lipinski definition) is 0. The molecule has 16 heavy (non-hydrogen) atoms. The van der Waals surface area contributed by atoms with Crippen molar-refractivity contribution in [2.75, 3.05) is 0 Å². The van der Waals surface area contributed by atoms with Gasteiger partial charge in [-0.15, -0.1) is 0 Å². The zero-order valence-corrected chi connectivity index (χ0v) is 11.7. The molecule has 0 spiro atoms. The third-order valence-corrected chi connectivity index (χ3v) is 4.78. The first-order chi connectivity index (χ1) is 7.41. The summed E-state index contributed by atoms with van der Waals surface area (Å²) in [6, 6.07) is 0. The highest BCUT2D eigenvalue weighted by Gasteiger charge is 2.42. The standard InChI is InChI=1S/C15H28O/c1-6-8-13(16)14-11(2)9-7-10-12(3)15(14,4)5/h11-12,14H,6-10H2,1-5H3. The van der Waals surface area contributed by atoms with Gasteiger partial charge in [0.2, 0.25) is 0 Å². The lowest BCUT2D eigenvalue weighted by molar-refractivity contribution is -0.129. The van der Waals surface area contributed by atoms with Gasteiger partial charge in [0.1, 0.15) is 5.78 Å². The Bertz CT molecular complexity index is 242. The molecule has 0 N–H and O–H groups in total. The molecular formula is C15H28O. The third-order valence-electron chi connectivity index (χ3n) is 4.78. The molecule has 1 heteroatoms. The second-order valence-corrected chi connectivity index (χ2v) is 6.32. The highest BCUT2D eigenvalue weighted by atomic mass is 16.1. The van der Waals surface area contributed by atoms with Crippen LogP contribution in [-0.4, -0.2) is 5.78 Å². The molecule has 0 heterocycles. The molecule has 1 aliphatic rings. The summed E-state index contributed by atoms with van der Waals surface area (Å²) in [5, 5.41) is 0. The van der Waals surface area contributed by atoms with Crippen molar-refractivity contribution in [2.45, 2.75) is 66.7 Å². The molecule has 0 aliphatic heterocycles. The van der Waals surface area contributed by atoms with Gasteiger partial charge in [-0.05, 0) is 30.1 Å². The van der Waals surface area contributed by atoms with Gasteiger partial charge < -0.3 is 0 Å². The molecule has 0 aromatic heterocycles. The summed E-state index contributed by atoms with van der Waals surface area (Å²) < 4.78 is 0. The van der Waals surface area contributed by atoms with Gasteiger partial charge in [-0.1, -0.05) is 47.5 Å². The largest absolute Gasteiger partial charge is 0.299 e. The van der Waals surface area contributed by atoms with Crippen molar-refractivity contribution in [2.24, 2.45) is 23.2 Å². The first-order valence-electron chi connectivity index (χ1n) is 6.94. The van der Waals surface area contributed by atoms with Crippen molar-refractivity contribution >= 4 is 5.78 Å². The van der Waals surface area contributed by atoms with E-state index in [2.05, 4.69) is 34.6 Å². The fraction of sp³-hybridized carbons (Fsp3) is 0.933. The smallest absolute Gasteiger partial charge is 0.136 e. The van der Waals surface area contributed by atoms with Crippen LogP contribution in [0.1, 0.15) is 66.7 Å². The SMILES string of the molecule is CCCC(=O)C1C(C)CCCC(C)C1(C)C. The molecule has 1 saturated carbocycles. The van der Waals surface area contributed by atoms with Crippen molar-refractivity contribution in [1.29, 1.82) is 0 Å². The van der Waals surface area contributed by atoms with Crippen LogP contribution in [0.25, 0.3) is 0 Å². The fourth-order valence-electron chi connectivity index (χ4n) is 3.46. The minimum absolute atomic E-state index is 0.183. The molecule has 3 atom stereocenters. The molecule has 0 amide bonds. The van der Waals surface area contributed by atoms with Crippen molar-refractivity contribution < 1.29 is 4.79 Å². The molecule has 1 rings (SSSR count). The average Bonchev–Trinajstić information content (AvgIpc) is 2.25. The van der Waals surface area contributed by atoms with Crippen molar-refractivity contribution in [1.82, 2.24) is 0 Å². The normalized spacial score (nSPS) is 34.4. The van der Waals surface area contributed by atoms with E-state index in [1.165, 1.54) is 19.3 Å². The first-order valence-corrected chi connectivity index (χ1v) is 6.94. The zero-order valence-electron chi connectivity index (χ0n) is 11.7. The van der Waals surface area contributed by atoms with Crippen molar-refractivity contribution in [3.05, 3.63) is 0 Å². The highest BCUT2D eigenvalue weighted by Crippen LogP contribution is 2.46. The Labute approximate surface area is 101 Å². The van der Waals surface area contributed by atoms with Gasteiger partial charge in [0.25, 0.3) is 0 Å². The highest BCUT2D eigenvalue weighted by molar-refractivity contribution is 5.82.